The molecule has 82 valence electrons. The van der Waals surface area contributed by atoms with Crippen LogP contribution in [-0.4, -0.2) is 27.1 Å². The van der Waals surface area contributed by atoms with Gasteiger partial charge in [-0.2, -0.15) is 0 Å². The fourth-order valence-corrected chi connectivity index (χ4v) is 1.57. The fourth-order valence-electron chi connectivity index (χ4n) is 1.57. The Morgan fingerprint density at radius 3 is 3.06 bits per heavy atom. The third-order valence-corrected chi connectivity index (χ3v) is 2.64. The summed E-state index contributed by atoms with van der Waals surface area (Å²) in [6.45, 7) is 0. The first-order chi connectivity index (χ1) is 7.74. The number of ether oxygens (including phenoxy) is 1. The average molecular weight is 217 g/mol. The first-order valence-electron chi connectivity index (χ1n) is 5.24. The van der Waals surface area contributed by atoms with Crippen LogP contribution in [0.4, 0.5) is 0 Å². The lowest BCUT2D eigenvalue weighted by molar-refractivity contribution is 0.0472. The lowest BCUT2D eigenvalue weighted by atomic mass is 10.2. The van der Waals surface area contributed by atoms with Crippen LogP contribution in [0, 0.1) is 0 Å². The zero-order valence-corrected chi connectivity index (χ0v) is 8.88. The topological polar surface area (TPSA) is 57.0 Å². The Balaban J connectivity index is 1.94. The lowest BCUT2D eigenvalue weighted by Gasteiger charge is -2.02. The van der Waals surface area contributed by atoms with E-state index in [1.807, 2.05) is 13.1 Å². The van der Waals surface area contributed by atoms with E-state index in [2.05, 4.69) is 10.3 Å². The van der Waals surface area contributed by atoms with E-state index in [4.69, 9.17) is 4.74 Å². The van der Waals surface area contributed by atoms with Crippen molar-refractivity contribution in [3.63, 3.8) is 0 Å². The Bertz CT molecular complexity index is 557. The summed E-state index contributed by atoms with van der Waals surface area (Å²) in [6.07, 6.45) is 2.10. The fraction of sp³-hybridized carbons (Fsp3) is 0.364. The van der Waals surface area contributed by atoms with Gasteiger partial charge in [0.2, 0.25) is 0 Å². The number of aromatic nitrogens is 3. The van der Waals surface area contributed by atoms with Gasteiger partial charge in [-0.05, 0) is 31.0 Å². The van der Waals surface area contributed by atoms with Gasteiger partial charge in [-0.1, -0.05) is 5.21 Å². The van der Waals surface area contributed by atoms with E-state index in [0.29, 0.717) is 11.1 Å². The molecule has 0 unspecified atom stereocenters. The summed E-state index contributed by atoms with van der Waals surface area (Å²) in [5, 5.41) is 7.85. The van der Waals surface area contributed by atoms with Crippen molar-refractivity contribution in [1.29, 1.82) is 0 Å². The summed E-state index contributed by atoms with van der Waals surface area (Å²) in [4.78, 5) is 11.7. The molecule has 0 saturated heterocycles. The molecular formula is C11H11N3O2. The molecule has 0 aliphatic heterocycles. The highest BCUT2D eigenvalue weighted by Crippen LogP contribution is 2.25. The number of hydrogen-bond acceptors (Lipinski definition) is 4. The number of rotatable bonds is 2. The van der Waals surface area contributed by atoms with Crippen molar-refractivity contribution < 1.29 is 9.53 Å². The highest BCUT2D eigenvalue weighted by Gasteiger charge is 2.26. The van der Waals surface area contributed by atoms with E-state index < -0.39 is 0 Å². The van der Waals surface area contributed by atoms with E-state index in [0.717, 1.165) is 18.4 Å². The van der Waals surface area contributed by atoms with E-state index in [1.165, 1.54) is 0 Å². The monoisotopic (exact) mass is 217 g/mol. The molecule has 5 heteroatoms. The predicted molar refractivity (Wildman–Crippen MR) is 56.9 cm³/mol. The van der Waals surface area contributed by atoms with Crippen LogP contribution in [-0.2, 0) is 11.8 Å². The minimum atomic E-state index is -0.268. The van der Waals surface area contributed by atoms with Crippen molar-refractivity contribution in [1.82, 2.24) is 15.0 Å². The van der Waals surface area contributed by atoms with Crippen LogP contribution in [0.25, 0.3) is 11.0 Å². The second-order valence-corrected chi connectivity index (χ2v) is 4.02. The van der Waals surface area contributed by atoms with Crippen molar-refractivity contribution in [2.24, 2.45) is 7.05 Å². The van der Waals surface area contributed by atoms with E-state index >= 15 is 0 Å². The summed E-state index contributed by atoms with van der Waals surface area (Å²) in [6, 6.07) is 5.29. The van der Waals surface area contributed by atoms with Crippen molar-refractivity contribution in [2.45, 2.75) is 18.9 Å². The highest BCUT2D eigenvalue weighted by molar-refractivity contribution is 5.93. The Morgan fingerprint density at radius 1 is 1.50 bits per heavy atom. The number of nitrogens with zero attached hydrogens (tertiary/aromatic N) is 3. The lowest BCUT2D eigenvalue weighted by Crippen LogP contribution is -2.06. The van der Waals surface area contributed by atoms with Gasteiger partial charge < -0.3 is 4.74 Å². The summed E-state index contributed by atoms with van der Waals surface area (Å²) >= 11 is 0. The molecule has 1 heterocycles. The first kappa shape index (κ1) is 9.33. The van der Waals surface area contributed by atoms with Gasteiger partial charge in [0, 0.05) is 7.05 Å². The molecule has 0 bridgehead atoms. The minimum Gasteiger partial charge on any atom is -0.459 e. The van der Waals surface area contributed by atoms with Crippen LogP contribution in [0.15, 0.2) is 18.2 Å². The standard InChI is InChI=1S/C11H11N3O2/c1-14-10-5-2-7(6-9(10)12-13-14)11(15)16-8-3-4-8/h2,5-6,8H,3-4H2,1H3. The van der Waals surface area contributed by atoms with Crippen molar-refractivity contribution in [3.8, 4) is 0 Å². The maximum Gasteiger partial charge on any atom is 0.338 e. The molecule has 3 rings (SSSR count). The Kier molecular flexibility index (Phi) is 1.92. The summed E-state index contributed by atoms with van der Waals surface area (Å²) in [5.74, 6) is -0.268. The normalized spacial score (nSPS) is 15.3. The van der Waals surface area contributed by atoms with E-state index in [-0.39, 0.29) is 12.1 Å². The van der Waals surface area contributed by atoms with E-state index in [9.17, 15) is 4.79 Å². The van der Waals surface area contributed by atoms with Crippen molar-refractivity contribution >= 4 is 17.0 Å². The van der Waals surface area contributed by atoms with Gasteiger partial charge in [-0.3, -0.25) is 0 Å². The second-order valence-electron chi connectivity index (χ2n) is 4.02. The second kappa shape index (κ2) is 3.30. The molecule has 16 heavy (non-hydrogen) atoms. The molecule has 2 aromatic rings. The van der Waals surface area contributed by atoms with Crippen LogP contribution in [0.1, 0.15) is 23.2 Å². The van der Waals surface area contributed by atoms with Gasteiger partial charge in [-0.15, -0.1) is 5.10 Å². The zero-order valence-electron chi connectivity index (χ0n) is 8.88. The molecule has 0 spiro atoms. The molecule has 0 amide bonds. The average Bonchev–Trinajstić information content (AvgIpc) is 3.02. The van der Waals surface area contributed by atoms with E-state index in [1.54, 1.807) is 16.8 Å². The Morgan fingerprint density at radius 2 is 2.31 bits per heavy atom. The number of aryl methyl sites for hydroxylation is 1. The molecule has 0 N–H and O–H groups in total. The zero-order chi connectivity index (χ0) is 11.1. The number of carbonyl (C=O) groups is 1. The number of benzene rings is 1. The summed E-state index contributed by atoms with van der Waals surface area (Å²) in [7, 11) is 1.82. The summed E-state index contributed by atoms with van der Waals surface area (Å²) < 4.78 is 6.88. The van der Waals surface area contributed by atoms with Gasteiger partial charge in [0.05, 0.1) is 11.1 Å². The molecule has 1 aromatic carbocycles. The first-order valence-corrected chi connectivity index (χ1v) is 5.24. The number of fused-ring (bicyclic) bond motifs is 1. The SMILES string of the molecule is Cn1nnc2cc(C(=O)OC3CC3)ccc21. The Hall–Kier alpha value is -1.91. The van der Waals surface area contributed by atoms with Crippen LogP contribution >= 0.6 is 0 Å². The number of hydrogen-bond donors (Lipinski definition) is 0. The van der Waals surface area contributed by atoms with Crippen LogP contribution in [0.2, 0.25) is 0 Å². The molecule has 1 fully saturated rings. The molecule has 1 saturated carbocycles. The summed E-state index contributed by atoms with van der Waals surface area (Å²) in [5.41, 5.74) is 2.16. The van der Waals surface area contributed by atoms with Crippen molar-refractivity contribution in [3.05, 3.63) is 23.8 Å². The molecule has 1 aliphatic carbocycles. The maximum absolute atomic E-state index is 11.7. The third kappa shape index (κ3) is 1.54. The molecular weight excluding hydrogens is 206 g/mol. The van der Waals surface area contributed by atoms with Crippen molar-refractivity contribution in [2.75, 3.05) is 0 Å². The van der Waals surface area contributed by atoms with Crippen LogP contribution < -0.4 is 0 Å². The quantitative estimate of drug-likeness (QED) is 0.711. The molecule has 0 radical (unpaired) electrons. The van der Waals surface area contributed by atoms with Crippen LogP contribution in [0.3, 0.4) is 0 Å². The van der Waals surface area contributed by atoms with Gasteiger partial charge >= 0.3 is 5.97 Å². The number of carbonyl (C=O) groups excluding carboxylic acids is 1. The van der Waals surface area contributed by atoms with Crippen LogP contribution in [0.5, 0.6) is 0 Å². The molecule has 5 nitrogen and oxygen atoms in total. The minimum absolute atomic E-state index is 0.130. The molecule has 0 atom stereocenters. The van der Waals surface area contributed by atoms with Gasteiger partial charge in [0.15, 0.2) is 0 Å². The maximum atomic E-state index is 11.7. The third-order valence-electron chi connectivity index (χ3n) is 2.64. The van der Waals surface area contributed by atoms with Gasteiger partial charge in [0.25, 0.3) is 0 Å². The highest BCUT2D eigenvalue weighted by atomic mass is 16.5. The predicted octanol–water partition coefficient (Wildman–Crippen LogP) is 1.29. The molecule has 1 aromatic heterocycles. The van der Waals surface area contributed by atoms with Gasteiger partial charge in [0.1, 0.15) is 11.6 Å². The van der Waals surface area contributed by atoms with Gasteiger partial charge in [-0.25, -0.2) is 9.48 Å². The number of esters is 1. The molecule has 1 aliphatic rings. The Labute approximate surface area is 92.0 Å². The largest absolute Gasteiger partial charge is 0.459 e. The smallest absolute Gasteiger partial charge is 0.338 e.